The highest BCUT2D eigenvalue weighted by Gasteiger charge is 2.31. The molecule has 1 aliphatic heterocycles. The van der Waals surface area contributed by atoms with Gasteiger partial charge in [0.05, 0.1) is 18.9 Å². The minimum Gasteiger partial charge on any atom is -0.394 e. The Balaban J connectivity index is 2.27. The van der Waals surface area contributed by atoms with Gasteiger partial charge >= 0.3 is 0 Å². The molecule has 1 fully saturated rings. The van der Waals surface area contributed by atoms with Crippen molar-refractivity contribution in [2.24, 2.45) is 7.05 Å². The van der Waals surface area contributed by atoms with Crippen LogP contribution in [0.2, 0.25) is 0 Å². The molecular formula is C10H17N5O2. The molecule has 1 saturated heterocycles. The van der Waals surface area contributed by atoms with Gasteiger partial charge in [0.2, 0.25) is 5.91 Å². The normalized spacial score (nSPS) is 20.4. The monoisotopic (exact) mass is 239 g/mol. The fourth-order valence-corrected chi connectivity index (χ4v) is 1.96. The molecule has 17 heavy (non-hydrogen) atoms. The molecule has 94 valence electrons. The molecule has 0 radical (unpaired) electrons. The van der Waals surface area contributed by atoms with Crippen molar-refractivity contribution in [1.29, 1.82) is 0 Å². The SMILES string of the molecule is CNC(=O)C1COCCN1c1nn(C)cc1N. The number of nitrogen functional groups attached to an aromatic ring is 1. The van der Waals surface area contributed by atoms with E-state index in [1.54, 1.807) is 25.0 Å². The lowest BCUT2D eigenvalue weighted by Crippen LogP contribution is -2.53. The molecule has 0 spiro atoms. The first-order valence-electron chi connectivity index (χ1n) is 5.48. The van der Waals surface area contributed by atoms with Gasteiger partial charge in [0.25, 0.3) is 0 Å². The van der Waals surface area contributed by atoms with E-state index < -0.39 is 0 Å². The van der Waals surface area contributed by atoms with Crippen molar-refractivity contribution < 1.29 is 9.53 Å². The number of hydrogen-bond donors (Lipinski definition) is 2. The summed E-state index contributed by atoms with van der Waals surface area (Å²) >= 11 is 0. The van der Waals surface area contributed by atoms with Crippen molar-refractivity contribution in [1.82, 2.24) is 15.1 Å². The van der Waals surface area contributed by atoms with Gasteiger partial charge in [-0.2, -0.15) is 5.10 Å². The minimum atomic E-state index is -0.369. The Kier molecular flexibility index (Phi) is 3.19. The van der Waals surface area contributed by atoms with E-state index in [2.05, 4.69) is 10.4 Å². The summed E-state index contributed by atoms with van der Waals surface area (Å²) in [6.45, 7) is 1.54. The van der Waals surface area contributed by atoms with Crippen LogP contribution in [0, 0.1) is 0 Å². The lowest BCUT2D eigenvalue weighted by atomic mass is 10.2. The van der Waals surface area contributed by atoms with Gasteiger partial charge in [0, 0.05) is 26.8 Å². The largest absolute Gasteiger partial charge is 0.394 e. The molecule has 1 aromatic rings. The van der Waals surface area contributed by atoms with Crippen molar-refractivity contribution in [2.75, 3.05) is 37.4 Å². The number of rotatable bonds is 2. The Bertz CT molecular complexity index is 417. The number of ether oxygens (including phenoxy) is 1. The van der Waals surface area contributed by atoms with Gasteiger partial charge in [0.15, 0.2) is 5.82 Å². The summed E-state index contributed by atoms with van der Waals surface area (Å²) in [6.07, 6.45) is 1.73. The summed E-state index contributed by atoms with van der Waals surface area (Å²) in [7, 11) is 3.41. The zero-order chi connectivity index (χ0) is 12.4. The first-order valence-corrected chi connectivity index (χ1v) is 5.48. The Morgan fingerprint density at radius 2 is 2.47 bits per heavy atom. The number of morpholine rings is 1. The number of aryl methyl sites for hydroxylation is 1. The van der Waals surface area contributed by atoms with Crippen LogP contribution in [0.3, 0.4) is 0 Å². The average Bonchev–Trinajstić information content (AvgIpc) is 2.67. The number of nitrogens with two attached hydrogens (primary N) is 1. The second-order valence-electron chi connectivity index (χ2n) is 3.98. The maximum absolute atomic E-state index is 11.8. The molecule has 0 aromatic carbocycles. The number of nitrogens with zero attached hydrogens (tertiary/aromatic N) is 3. The highest BCUT2D eigenvalue weighted by molar-refractivity contribution is 5.86. The summed E-state index contributed by atoms with van der Waals surface area (Å²) in [6, 6.07) is -0.369. The molecule has 7 nitrogen and oxygen atoms in total. The number of carbonyl (C=O) groups is 1. The third-order valence-corrected chi connectivity index (χ3v) is 2.79. The van der Waals surface area contributed by atoms with Crippen molar-refractivity contribution in [3.63, 3.8) is 0 Å². The molecule has 3 N–H and O–H groups in total. The third-order valence-electron chi connectivity index (χ3n) is 2.79. The standard InChI is InChI=1S/C10H17N5O2/c1-12-10(16)8-6-17-4-3-15(8)9-7(11)5-14(2)13-9/h5,8H,3-4,6,11H2,1-2H3,(H,12,16). The maximum atomic E-state index is 11.8. The van der Waals surface area contributed by atoms with E-state index in [-0.39, 0.29) is 11.9 Å². The minimum absolute atomic E-state index is 0.0882. The topological polar surface area (TPSA) is 85.4 Å². The second kappa shape index (κ2) is 4.62. The van der Waals surface area contributed by atoms with Crippen LogP contribution in [0.5, 0.6) is 0 Å². The van der Waals surface area contributed by atoms with Crippen molar-refractivity contribution >= 4 is 17.4 Å². The molecule has 0 bridgehead atoms. The molecule has 2 rings (SSSR count). The summed E-state index contributed by atoms with van der Waals surface area (Å²) in [5, 5.41) is 6.91. The third kappa shape index (κ3) is 2.19. The zero-order valence-electron chi connectivity index (χ0n) is 10.0. The molecule has 1 unspecified atom stereocenters. The predicted molar refractivity (Wildman–Crippen MR) is 63.6 cm³/mol. The lowest BCUT2D eigenvalue weighted by Gasteiger charge is -2.34. The molecule has 1 aliphatic rings. The van der Waals surface area contributed by atoms with Crippen LogP contribution >= 0.6 is 0 Å². The fourth-order valence-electron chi connectivity index (χ4n) is 1.96. The van der Waals surface area contributed by atoms with Crippen LogP contribution in [0.4, 0.5) is 11.5 Å². The highest BCUT2D eigenvalue weighted by atomic mass is 16.5. The average molecular weight is 239 g/mol. The van der Waals surface area contributed by atoms with Gasteiger partial charge < -0.3 is 20.7 Å². The Morgan fingerprint density at radius 1 is 1.71 bits per heavy atom. The van der Waals surface area contributed by atoms with Gasteiger partial charge in [-0.3, -0.25) is 9.48 Å². The fraction of sp³-hybridized carbons (Fsp3) is 0.600. The summed E-state index contributed by atoms with van der Waals surface area (Å²) in [4.78, 5) is 13.6. The van der Waals surface area contributed by atoms with Crippen molar-refractivity contribution in [3.8, 4) is 0 Å². The van der Waals surface area contributed by atoms with E-state index in [4.69, 9.17) is 10.5 Å². The van der Waals surface area contributed by atoms with E-state index >= 15 is 0 Å². The first-order chi connectivity index (χ1) is 8.13. The molecule has 0 saturated carbocycles. The molecule has 0 aliphatic carbocycles. The number of aromatic nitrogens is 2. The first kappa shape index (κ1) is 11.7. The Morgan fingerprint density at radius 3 is 3.06 bits per heavy atom. The molecular weight excluding hydrogens is 222 g/mol. The van der Waals surface area contributed by atoms with Gasteiger partial charge in [-0.1, -0.05) is 0 Å². The molecule has 7 heteroatoms. The summed E-state index contributed by atoms with van der Waals surface area (Å²) in [5.41, 5.74) is 6.45. The molecule has 1 aromatic heterocycles. The van der Waals surface area contributed by atoms with Gasteiger partial charge in [-0.05, 0) is 0 Å². The van der Waals surface area contributed by atoms with Gasteiger partial charge in [-0.15, -0.1) is 0 Å². The van der Waals surface area contributed by atoms with E-state index in [1.807, 2.05) is 4.90 Å². The predicted octanol–water partition coefficient (Wildman–Crippen LogP) is -1.05. The van der Waals surface area contributed by atoms with Crippen LogP contribution < -0.4 is 16.0 Å². The second-order valence-corrected chi connectivity index (χ2v) is 3.98. The van der Waals surface area contributed by atoms with E-state index in [1.165, 1.54) is 0 Å². The number of carbonyl (C=O) groups excluding carboxylic acids is 1. The number of amides is 1. The van der Waals surface area contributed by atoms with Gasteiger partial charge in [-0.25, -0.2) is 0 Å². The van der Waals surface area contributed by atoms with E-state index in [0.717, 1.165) is 0 Å². The number of nitrogens with one attached hydrogen (secondary N) is 1. The van der Waals surface area contributed by atoms with Crippen LogP contribution in [0.1, 0.15) is 0 Å². The van der Waals surface area contributed by atoms with Crippen LogP contribution in [0.25, 0.3) is 0 Å². The summed E-state index contributed by atoms with van der Waals surface area (Å²) < 4.78 is 6.97. The summed E-state index contributed by atoms with van der Waals surface area (Å²) in [5.74, 6) is 0.555. The highest BCUT2D eigenvalue weighted by Crippen LogP contribution is 2.24. The van der Waals surface area contributed by atoms with Crippen LogP contribution in [-0.2, 0) is 16.6 Å². The van der Waals surface area contributed by atoms with Crippen molar-refractivity contribution in [3.05, 3.63) is 6.20 Å². The molecule has 1 amide bonds. The van der Waals surface area contributed by atoms with E-state index in [9.17, 15) is 4.79 Å². The smallest absolute Gasteiger partial charge is 0.244 e. The molecule has 1 atom stereocenters. The molecule has 2 heterocycles. The van der Waals surface area contributed by atoms with Crippen molar-refractivity contribution in [2.45, 2.75) is 6.04 Å². The van der Waals surface area contributed by atoms with E-state index in [0.29, 0.717) is 31.3 Å². The zero-order valence-corrected chi connectivity index (χ0v) is 10.0. The number of hydrogen-bond acceptors (Lipinski definition) is 5. The number of anilines is 2. The quantitative estimate of drug-likeness (QED) is 0.688. The van der Waals surface area contributed by atoms with Gasteiger partial charge in [0.1, 0.15) is 6.04 Å². The maximum Gasteiger partial charge on any atom is 0.244 e. The van der Waals surface area contributed by atoms with Crippen LogP contribution in [-0.4, -0.2) is 48.5 Å². The van der Waals surface area contributed by atoms with Crippen LogP contribution in [0.15, 0.2) is 6.20 Å². The Hall–Kier alpha value is -1.76. The lowest BCUT2D eigenvalue weighted by molar-refractivity contribution is -0.124. The Labute approximate surface area is 99.5 Å². The number of likely N-dealkylation sites (N-methyl/N-ethyl adjacent to an activating group) is 1.